The molecule has 0 radical (unpaired) electrons. The van der Waals surface area contributed by atoms with Gasteiger partial charge in [-0.1, -0.05) is 31.1 Å². The Morgan fingerprint density at radius 1 is 0.722 bits per heavy atom. The third kappa shape index (κ3) is 1.26. The molecule has 0 aromatic rings. The van der Waals surface area contributed by atoms with Crippen molar-refractivity contribution in [2.75, 3.05) is 0 Å². The van der Waals surface area contributed by atoms with Crippen LogP contribution in [0.15, 0.2) is 0 Å². The Balaban J connectivity index is 2.18. The molecule has 0 aliphatic heterocycles. The number of terminal acetylenes is 3. The van der Waals surface area contributed by atoms with Gasteiger partial charge in [0.1, 0.15) is 0 Å². The van der Waals surface area contributed by atoms with E-state index in [0.717, 1.165) is 44.9 Å². The summed E-state index contributed by atoms with van der Waals surface area (Å²) in [6.07, 6.45) is 25.2. The molecule has 0 nitrogen and oxygen atoms in total. The van der Waals surface area contributed by atoms with Crippen molar-refractivity contribution in [3.63, 3.8) is 0 Å². The van der Waals surface area contributed by atoms with E-state index < -0.39 is 0 Å². The molecule has 18 heavy (non-hydrogen) atoms. The molecule has 0 amide bonds. The highest BCUT2D eigenvalue weighted by Gasteiger charge is 2.66. The van der Waals surface area contributed by atoms with Crippen LogP contribution in [0.2, 0.25) is 0 Å². The van der Waals surface area contributed by atoms with Crippen LogP contribution in [-0.2, 0) is 0 Å². The summed E-state index contributed by atoms with van der Waals surface area (Å²) >= 11 is 0. The van der Waals surface area contributed by atoms with E-state index >= 15 is 0 Å². The zero-order valence-electron chi connectivity index (χ0n) is 11.2. The van der Waals surface area contributed by atoms with Crippen molar-refractivity contribution in [2.45, 2.75) is 51.9 Å². The lowest BCUT2D eigenvalue weighted by molar-refractivity contribution is -0.139. The van der Waals surface area contributed by atoms with Gasteiger partial charge in [0.2, 0.25) is 0 Å². The zero-order chi connectivity index (χ0) is 13.1. The van der Waals surface area contributed by atoms with Gasteiger partial charge in [0.15, 0.2) is 0 Å². The molecule has 0 aromatic heterocycles. The fraction of sp³-hybridized carbons (Fsp3) is 0.667. The standard InChI is InChI=1S/C18H20/c1-5-15-9-16(6-2)12-17(7-3,10-15)14-18(8-4,11-15)13-16/h1-3H,8-14H2,4H3. The second kappa shape index (κ2) is 3.16. The van der Waals surface area contributed by atoms with Gasteiger partial charge in [0.25, 0.3) is 0 Å². The van der Waals surface area contributed by atoms with Gasteiger partial charge in [-0.25, -0.2) is 0 Å². The lowest BCUT2D eigenvalue weighted by atomic mass is 9.35. The molecule has 4 aliphatic rings. The Kier molecular flexibility index (Phi) is 2.07. The van der Waals surface area contributed by atoms with Crippen LogP contribution in [0.25, 0.3) is 0 Å². The van der Waals surface area contributed by atoms with Crippen LogP contribution in [0.3, 0.4) is 0 Å². The smallest absolute Gasteiger partial charge is 0.0346 e. The molecule has 4 bridgehead atoms. The molecule has 4 aliphatic carbocycles. The maximum absolute atomic E-state index is 5.88. The van der Waals surface area contributed by atoms with Gasteiger partial charge in [0.05, 0.1) is 0 Å². The first-order valence-corrected chi connectivity index (χ1v) is 6.92. The molecule has 4 saturated carbocycles. The zero-order valence-corrected chi connectivity index (χ0v) is 11.2. The average Bonchev–Trinajstić information content (AvgIpc) is 2.37. The van der Waals surface area contributed by atoms with E-state index in [4.69, 9.17) is 19.3 Å². The van der Waals surface area contributed by atoms with Crippen LogP contribution >= 0.6 is 0 Å². The summed E-state index contributed by atoms with van der Waals surface area (Å²) < 4.78 is 0. The molecule has 0 heteroatoms. The summed E-state index contributed by atoms with van der Waals surface area (Å²) in [5.41, 5.74) is 0.232. The predicted octanol–water partition coefficient (Wildman–Crippen LogP) is 3.62. The summed E-state index contributed by atoms with van der Waals surface area (Å²) in [4.78, 5) is 0. The summed E-state index contributed by atoms with van der Waals surface area (Å²) in [5, 5.41) is 0. The fourth-order valence-corrected chi connectivity index (χ4v) is 5.68. The van der Waals surface area contributed by atoms with Crippen LogP contribution in [0.1, 0.15) is 51.9 Å². The minimum atomic E-state index is -0.0243. The Hall–Kier alpha value is -1.32. The Labute approximate surface area is 111 Å². The fourth-order valence-electron chi connectivity index (χ4n) is 5.68. The molecule has 0 spiro atoms. The van der Waals surface area contributed by atoms with Crippen molar-refractivity contribution in [1.29, 1.82) is 0 Å². The Morgan fingerprint density at radius 3 is 1.28 bits per heavy atom. The third-order valence-corrected chi connectivity index (χ3v) is 5.84. The Morgan fingerprint density at radius 2 is 1.06 bits per heavy atom. The van der Waals surface area contributed by atoms with Crippen LogP contribution in [0, 0.1) is 58.7 Å². The molecule has 0 heterocycles. The van der Waals surface area contributed by atoms with Crippen molar-refractivity contribution < 1.29 is 0 Å². The average molecular weight is 236 g/mol. The van der Waals surface area contributed by atoms with E-state index in [-0.39, 0.29) is 16.2 Å². The van der Waals surface area contributed by atoms with Crippen molar-refractivity contribution in [3.05, 3.63) is 0 Å². The van der Waals surface area contributed by atoms with E-state index in [1.54, 1.807) is 0 Å². The van der Waals surface area contributed by atoms with Gasteiger partial charge in [0, 0.05) is 16.2 Å². The van der Waals surface area contributed by atoms with Crippen LogP contribution in [-0.4, -0.2) is 0 Å². The molecule has 4 fully saturated rings. The Bertz CT molecular complexity index is 434. The number of hydrogen-bond acceptors (Lipinski definition) is 0. The molecule has 92 valence electrons. The minimum absolute atomic E-state index is 0.0243. The molecule has 4 rings (SSSR count). The van der Waals surface area contributed by atoms with Crippen LogP contribution in [0.4, 0.5) is 0 Å². The van der Waals surface area contributed by atoms with E-state index in [1.807, 2.05) is 0 Å². The summed E-state index contributed by atoms with van der Waals surface area (Å²) in [6, 6.07) is 0. The van der Waals surface area contributed by atoms with Gasteiger partial charge < -0.3 is 0 Å². The summed E-state index contributed by atoms with van der Waals surface area (Å²) in [7, 11) is 0. The predicted molar refractivity (Wildman–Crippen MR) is 74.2 cm³/mol. The molecular weight excluding hydrogens is 216 g/mol. The van der Waals surface area contributed by atoms with E-state index in [0.29, 0.717) is 5.41 Å². The van der Waals surface area contributed by atoms with Crippen LogP contribution in [0.5, 0.6) is 0 Å². The highest BCUT2D eigenvalue weighted by atomic mass is 14.7. The topological polar surface area (TPSA) is 0 Å². The first-order valence-electron chi connectivity index (χ1n) is 6.92. The molecule has 0 aromatic carbocycles. The maximum Gasteiger partial charge on any atom is 0.0346 e. The first-order chi connectivity index (χ1) is 8.49. The van der Waals surface area contributed by atoms with Gasteiger partial charge in [-0.3, -0.25) is 0 Å². The molecule has 0 N–H and O–H groups in total. The van der Waals surface area contributed by atoms with Crippen molar-refractivity contribution >= 4 is 0 Å². The van der Waals surface area contributed by atoms with Gasteiger partial charge in [-0.2, -0.15) is 0 Å². The normalized spacial score (nSPS) is 52.3. The number of hydrogen-bond donors (Lipinski definition) is 0. The minimum Gasteiger partial charge on any atom is -0.120 e. The van der Waals surface area contributed by atoms with E-state index in [2.05, 4.69) is 24.7 Å². The molecule has 0 saturated heterocycles. The van der Waals surface area contributed by atoms with E-state index in [1.165, 1.54) is 0 Å². The van der Waals surface area contributed by atoms with Crippen molar-refractivity contribution in [1.82, 2.24) is 0 Å². The van der Waals surface area contributed by atoms with Gasteiger partial charge >= 0.3 is 0 Å². The molecule has 0 unspecified atom stereocenters. The second-order valence-corrected chi connectivity index (χ2v) is 7.19. The second-order valence-electron chi connectivity index (χ2n) is 7.19. The first kappa shape index (κ1) is 11.8. The van der Waals surface area contributed by atoms with Crippen LogP contribution < -0.4 is 0 Å². The van der Waals surface area contributed by atoms with Crippen molar-refractivity contribution in [2.24, 2.45) is 21.7 Å². The van der Waals surface area contributed by atoms with Crippen molar-refractivity contribution in [3.8, 4) is 37.0 Å². The van der Waals surface area contributed by atoms with Gasteiger partial charge in [-0.15, -0.1) is 19.3 Å². The van der Waals surface area contributed by atoms with Gasteiger partial charge in [-0.05, 0) is 43.9 Å². The largest absolute Gasteiger partial charge is 0.120 e. The monoisotopic (exact) mass is 236 g/mol. The molecule has 0 atom stereocenters. The summed E-state index contributed by atoms with van der Waals surface area (Å²) in [5.74, 6) is 9.29. The highest BCUT2D eigenvalue weighted by molar-refractivity contribution is 5.33. The maximum atomic E-state index is 5.88. The quantitative estimate of drug-likeness (QED) is 0.610. The lowest BCUT2D eigenvalue weighted by Gasteiger charge is -2.67. The third-order valence-electron chi connectivity index (χ3n) is 5.84. The summed E-state index contributed by atoms with van der Waals surface area (Å²) in [6.45, 7) is 2.27. The molecular formula is C18H20. The number of rotatable bonds is 1. The van der Waals surface area contributed by atoms with E-state index in [9.17, 15) is 0 Å². The lowest BCUT2D eigenvalue weighted by Crippen LogP contribution is -2.60. The SMILES string of the molecule is C#CC12CC3(C#C)CC(C#C)(C1)CC(CC)(C2)C3. The highest BCUT2D eigenvalue weighted by Crippen LogP contribution is 2.74.